The van der Waals surface area contributed by atoms with Crippen LogP contribution in [-0.4, -0.2) is 57.2 Å². The van der Waals surface area contributed by atoms with Crippen LogP contribution in [0.25, 0.3) is 0 Å². The fraction of sp³-hybridized carbons (Fsp3) is 1.00. The maximum absolute atomic E-state index is 13.3. The Bertz CT molecular complexity index is 574. The second-order valence-corrected chi connectivity index (χ2v) is 6.71. The van der Waals surface area contributed by atoms with Crippen molar-refractivity contribution in [3.8, 4) is 0 Å². The maximum Gasteiger partial charge on any atom is 0.460 e. The average molecular weight is 490 g/mol. The Morgan fingerprint density at radius 2 is 0.724 bits per heavy atom. The highest BCUT2D eigenvalue weighted by molar-refractivity contribution is 6.33. The van der Waals surface area contributed by atoms with Crippen molar-refractivity contribution in [3.63, 3.8) is 0 Å². The van der Waals surface area contributed by atoms with Crippen molar-refractivity contribution in [3.05, 3.63) is 0 Å². The number of hydrogen-bond acceptors (Lipinski definition) is 0. The van der Waals surface area contributed by atoms with Gasteiger partial charge in [-0.2, -0.15) is 74.6 Å². The van der Waals surface area contributed by atoms with Gasteiger partial charge in [-0.15, -0.1) is 0 Å². The monoisotopic (exact) mass is 490 g/mol. The second kappa shape index (κ2) is 7.32. The lowest BCUT2D eigenvalue weighted by Crippen LogP contribution is -2.74. The van der Waals surface area contributed by atoms with Crippen LogP contribution in [0.4, 0.5) is 74.6 Å². The minimum Gasteiger partial charge on any atom is -0.200 e. The van der Waals surface area contributed by atoms with Crippen LogP contribution in [0, 0.1) is 0 Å². The van der Waals surface area contributed by atoms with Crippen LogP contribution in [0.1, 0.15) is 6.42 Å². The van der Waals surface area contributed by atoms with E-state index in [1.54, 1.807) is 0 Å². The zero-order valence-electron chi connectivity index (χ0n) is 13.3. The molecule has 0 aliphatic heterocycles. The molecule has 174 valence electrons. The molecule has 0 aromatic heterocycles. The van der Waals surface area contributed by atoms with Gasteiger partial charge in [0.1, 0.15) is 0 Å². The van der Waals surface area contributed by atoms with E-state index in [0.717, 1.165) is 6.55 Å². The van der Waals surface area contributed by atoms with E-state index < -0.39 is 69.6 Å². The lowest BCUT2D eigenvalue weighted by Gasteiger charge is -2.42. The summed E-state index contributed by atoms with van der Waals surface area (Å²) in [4.78, 5) is 0. The van der Waals surface area contributed by atoms with E-state index in [-0.39, 0.29) is 0 Å². The topological polar surface area (TPSA) is 0 Å². The van der Waals surface area contributed by atoms with Gasteiger partial charge in [0.15, 0.2) is 0 Å². The molecule has 0 aliphatic carbocycles. The molecule has 0 atom stereocenters. The SMILES string of the molecule is C[Si]CCC(F)(F)C(F)(F)C(F)(F)C(F)(F)C(F)(F)C(F)(F)C(F)(F)C(F)(F)F. The smallest absolute Gasteiger partial charge is 0.200 e. The third kappa shape index (κ3) is 3.77. The van der Waals surface area contributed by atoms with E-state index in [4.69, 9.17) is 0 Å². The highest BCUT2D eigenvalue weighted by Crippen LogP contribution is 2.64. The average Bonchev–Trinajstić information content (AvgIpc) is 2.50. The van der Waals surface area contributed by atoms with E-state index >= 15 is 0 Å². The molecule has 0 bridgehead atoms. The Labute approximate surface area is 152 Å². The Kier molecular flexibility index (Phi) is 7.07. The van der Waals surface area contributed by atoms with Crippen molar-refractivity contribution in [2.45, 2.75) is 66.6 Å². The minimum absolute atomic E-state index is 0.692. The predicted octanol–water partition coefficient (Wildman–Crippen LogP) is 6.56. The van der Waals surface area contributed by atoms with Gasteiger partial charge in [0.25, 0.3) is 0 Å². The molecule has 2 radical (unpaired) electrons. The van der Waals surface area contributed by atoms with Gasteiger partial charge in [0, 0.05) is 15.9 Å². The van der Waals surface area contributed by atoms with Gasteiger partial charge >= 0.3 is 47.6 Å². The molecule has 29 heavy (non-hydrogen) atoms. The fourth-order valence-corrected chi connectivity index (χ4v) is 2.20. The summed E-state index contributed by atoms with van der Waals surface area (Å²) in [5.74, 6) is -55.6. The van der Waals surface area contributed by atoms with Crippen LogP contribution < -0.4 is 0 Å². The van der Waals surface area contributed by atoms with Gasteiger partial charge in [-0.3, -0.25) is 0 Å². The van der Waals surface area contributed by atoms with Crippen molar-refractivity contribution in [1.29, 1.82) is 0 Å². The van der Waals surface area contributed by atoms with Gasteiger partial charge in [-0.1, -0.05) is 12.6 Å². The van der Waals surface area contributed by atoms with Crippen LogP contribution in [0.3, 0.4) is 0 Å². The van der Waals surface area contributed by atoms with Crippen LogP contribution in [0.5, 0.6) is 0 Å². The van der Waals surface area contributed by atoms with Crippen LogP contribution in [0.15, 0.2) is 0 Å². The summed E-state index contributed by atoms with van der Waals surface area (Å²) in [6.45, 7) is 1.02. The Morgan fingerprint density at radius 3 is 1.00 bits per heavy atom. The normalized spacial score (nSPS) is 16.3. The summed E-state index contributed by atoms with van der Waals surface area (Å²) in [5.41, 5.74) is 0. The van der Waals surface area contributed by atoms with Crippen LogP contribution in [0.2, 0.25) is 12.6 Å². The van der Waals surface area contributed by atoms with Crippen molar-refractivity contribution in [2.75, 3.05) is 0 Å². The van der Waals surface area contributed by atoms with Gasteiger partial charge in [0.2, 0.25) is 0 Å². The van der Waals surface area contributed by atoms with E-state index in [9.17, 15) is 74.6 Å². The highest BCUT2D eigenvalue weighted by Gasteiger charge is 2.95. The third-order valence-corrected chi connectivity index (χ3v) is 4.23. The van der Waals surface area contributed by atoms with Crippen LogP contribution in [-0.2, 0) is 0 Å². The first-order chi connectivity index (χ1) is 12.3. The third-order valence-electron chi connectivity index (χ3n) is 3.48. The number of rotatable bonds is 9. The Balaban J connectivity index is 6.57. The molecule has 0 fully saturated rings. The van der Waals surface area contributed by atoms with Crippen molar-refractivity contribution in [2.24, 2.45) is 0 Å². The summed E-state index contributed by atoms with van der Waals surface area (Å²) in [6, 6.07) is -1.07. The van der Waals surface area contributed by atoms with Crippen LogP contribution >= 0.6 is 0 Å². The number of hydrogen-bond donors (Lipinski definition) is 0. The highest BCUT2D eigenvalue weighted by atomic mass is 28.2. The Hall–Kier alpha value is -0.973. The second-order valence-electron chi connectivity index (χ2n) is 5.50. The summed E-state index contributed by atoms with van der Waals surface area (Å²) in [7, 11) is -0.692. The molecule has 0 aromatic carbocycles. The van der Waals surface area contributed by atoms with E-state index in [1.807, 2.05) is 0 Å². The molecule has 0 nitrogen and oxygen atoms in total. The lowest BCUT2D eigenvalue weighted by molar-refractivity contribution is -0.461. The first kappa shape index (κ1) is 28.0. The quantitative estimate of drug-likeness (QED) is 0.254. The summed E-state index contributed by atoms with van der Waals surface area (Å²) in [5, 5.41) is 0. The van der Waals surface area contributed by atoms with E-state index in [2.05, 4.69) is 0 Å². The zero-order chi connectivity index (χ0) is 24.1. The molecule has 0 aliphatic rings. The molecule has 18 heteroatoms. The molecule has 0 aromatic rings. The summed E-state index contributed by atoms with van der Waals surface area (Å²) < 4.78 is 219. The molecular formula is C11H7F17Si. The Morgan fingerprint density at radius 1 is 0.448 bits per heavy atom. The zero-order valence-corrected chi connectivity index (χ0v) is 14.3. The molecule has 0 heterocycles. The first-order valence-electron chi connectivity index (χ1n) is 6.67. The predicted molar refractivity (Wildman–Crippen MR) is 61.7 cm³/mol. The minimum atomic E-state index is -8.56. The number of alkyl halides is 17. The molecular weight excluding hydrogens is 483 g/mol. The van der Waals surface area contributed by atoms with Gasteiger partial charge < -0.3 is 0 Å². The van der Waals surface area contributed by atoms with Crippen molar-refractivity contribution >= 4 is 9.52 Å². The lowest BCUT2D eigenvalue weighted by atomic mass is 9.88. The van der Waals surface area contributed by atoms with Crippen molar-refractivity contribution in [1.82, 2.24) is 0 Å². The van der Waals surface area contributed by atoms with Gasteiger partial charge in [-0.05, 0) is 0 Å². The van der Waals surface area contributed by atoms with Gasteiger partial charge in [0.05, 0.1) is 0 Å². The molecule has 0 N–H and O–H groups in total. The maximum atomic E-state index is 13.3. The van der Waals surface area contributed by atoms with Gasteiger partial charge in [-0.25, -0.2) is 0 Å². The van der Waals surface area contributed by atoms with Crippen molar-refractivity contribution < 1.29 is 74.6 Å². The summed E-state index contributed by atoms with van der Waals surface area (Å²) in [6.07, 6.45) is -10.1. The molecule has 0 saturated carbocycles. The molecule has 0 saturated heterocycles. The first-order valence-corrected chi connectivity index (χ1v) is 8.38. The van der Waals surface area contributed by atoms with E-state index in [0.29, 0.717) is 0 Å². The standard InChI is InChI=1S/C11H7F17Si/c1-29-3-2-4(12,13)5(14,15)6(16,17)7(18,19)8(20,21)9(22,23)10(24,25)11(26,27)28/h2-3H2,1H3. The molecule has 0 amide bonds. The molecule has 0 spiro atoms. The van der Waals surface area contributed by atoms with E-state index in [1.165, 1.54) is 0 Å². The molecule has 0 rings (SSSR count). The number of halogens is 17. The molecule has 0 unspecified atom stereocenters. The fourth-order valence-electron chi connectivity index (χ4n) is 1.64. The largest absolute Gasteiger partial charge is 0.460 e. The summed E-state index contributed by atoms with van der Waals surface area (Å²) >= 11 is 0.